The maximum Gasteiger partial charge on any atom is 0.218 e. The van der Waals surface area contributed by atoms with Crippen molar-refractivity contribution in [3.05, 3.63) is 35.4 Å². The summed E-state index contributed by atoms with van der Waals surface area (Å²) in [6.07, 6.45) is -0.377. The minimum Gasteiger partial charge on any atom is -0.370 e. The maximum atomic E-state index is 13.0. The van der Waals surface area contributed by atoms with Crippen molar-refractivity contribution < 1.29 is 18.4 Å². The van der Waals surface area contributed by atoms with Gasteiger partial charge in [-0.15, -0.1) is 0 Å². The quantitative estimate of drug-likeness (QED) is 0.800. The van der Waals surface area contributed by atoms with E-state index in [0.717, 1.165) is 12.1 Å². The fourth-order valence-electron chi connectivity index (χ4n) is 1.60. The second-order valence-electron chi connectivity index (χ2n) is 3.74. The van der Waals surface area contributed by atoms with Crippen LogP contribution in [0.5, 0.6) is 0 Å². The highest BCUT2D eigenvalue weighted by molar-refractivity contribution is 5.78. The average Bonchev–Trinajstić information content (AvgIpc) is 2.13. The molecule has 0 aliphatic carbocycles. The zero-order valence-electron chi connectivity index (χ0n) is 8.95. The van der Waals surface area contributed by atoms with Crippen LogP contribution in [0.3, 0.4) is 0 Å². The topological polar surface area (TPSA) is 86.2 Å². The summed E-state index contributed by atoms with van der Waals surface area (Å²) in [5.41, 5.74) is 10.2. The number of hydrogen-bond donors (Lipinski definition) is 2. The van der Waals surface area contributed by atoms with E-state index in [-0.39, 0.29) is 18.4 Å². The van der Waals surface area contributed by atoms with Gasteiger partial charge in [0.2, 0.25) is 11.8 Å². The third kappa shape index (κ3) is 4.18. The highest BCUT2D eigenvalue weighted by atomic mass is 19.1. The Morgan fingerprint density at radius 2 is 1.41 bits per heavy atom. The standard InChI is InChI=1S/C11H12F2N2O2/c12-8-1-6(2-9(13)5-8)7(3-10(14)16)4-11(15)17/h1-2,5,7H,3-4H2,(H2,14,16)(H2,15,17). The van der Waals surface area contributed by atoms with Crippen LogP contribution in [0.25, 0.3) is 0 Å². The number of rotatable bonds is 5. The molecule has 0 aliphatic heterocycles. The Morgan fingerprint density at radius 3 is 1.76 bits per heavy atom. The van der Waals surface area contributed by atoms with Crippen LogP contribution in [0.1, 0.15) is 24.3 Å². The van der Waals surface area contributed by atoms with Crippen molar-refractivity contribution in [3.63, 3.8) is 0 Å². The Morgan fingerprint density at radius 1 is 1.00 bits per heavy atom. The second-order valence-corrected chi connectivity index (χ2v) is 3.74. The molecule has 0 unspecified atom stereocenters. The van der Waals surface area contributed by atoms with Crippen molar-refractivity contribution in [1.82, 2.24) is 0 Å². The first kappa shape index (κ1) is 13.1. The zero-order valence-corrected chi connectivity index (χ0v) is 8.95. The molecule has 17 heavy (non-hydrogen) atoms. The second kappa shape index (κ2) is 5.38. The number of hydrogen-bond acceptors (Lipinski definition) is 2. The molecule has 4 nitrogen and oxygen atoms in total. The van der Waals surface area contributed by atoms with Crippen molar-refractivity contribution in [1.29, 1.82) is 0 Å². The number of nitrogens with two attached hydrogens (primary N) is 2. The van der Waals surface area contributed by atoms with Gasteiger partial charge in [-0.05, 0) is 17.7 Å². The fraction of sp³-hybridized carbons (Fsp3) is 0.273. The van der Waals surface area contributed by atoms with E-state index in [4.69, 9.17) is 11.5 Å². The smallest absolute Gasteiger partial charge is 0.218 e. The summed E-state index contributed by atoms with van der Waals surface area (Å²) >= 11 is 0. The largest absolute Gasteiger partial charge is 0.370 e. The molecule has 1 aromatic carbocycles. The van der Waals surface area contributed by atoms with Crippen molar-refractivity contribution in [2.45, 2.75) is 18.8 Å². The molecule has 2 amide bonds. The van der Waals surface area contributed by atoms with Gasteiger partial charge in [0.05, 0.1) is 0 Å². The third-order valence-electron chi connectivity index (χ3n) is 2.25. The summed E-state index contributed by atoms with van der Waals surface area (Å²) in [7, 11) is 0. The van der Waals surface area contributed by atoms with E-state index in [0.29, 0.717) is 6.07 Å². The van der Waals surface area contributed by atoms with Gasteiger partial charge in [-0.25, -0.2) is 8.78 Å². The van der Waals surface area contributed by atoms with Crippen molar-refractivity contribution in [3.8, 4) is 0 Å². The van der Waals surface area contributed by atoms with Gasteiger partial charge >= 0.3 is 0 Å². The molecular weight excluding hydrogens is 230 g/mol. The van der Waals surface area contributed by atoms with Gasteiger partial charge in [-0.1, -0.05) is 0 Å². The molecule has 0 atom stereocenters. The Balaban J connectivity index is 3.02. The molecule has 0 aromatic heterocycles. The molecule has 0 fully saturated rings. The normalized spacial score (nSPS) is 10.5. The molecule has 0 saturated heterocycles. The lowest BCUT2D eigenvalue weighted by Gasteiger charge is -2.14. The van der Waals surface area contributed by atoms with Crippen LogP contribution in [0.15, 0.2) is 18.2 Å². The summed E-state index contributed by atoms with van der Waals surface area (Å²) in [5.74, 6) is -3.59. The molecule has 0 heterocycles. The predicted octanol–water partition coefficient (Wildman–Crippen LogP) is 0.799. The summed E-state index contributed by atoms with van der Waals surface area (Å²) in [6, 6.07) is 2.81. The van der Waals surface area contributed by atoms with Crippen molar-refractivity contribution in [2.24, 2.45) is 11.5 Å². The van der Waals surface area contributed by atoms with Gasteiger partial charge in [0.25, 0.3) is 0 Å². The number of primary amides is 2. The number of amides is 2. The first-order valence-electron chi connectivity index (χ1n) is 4.91. The first-order chi connectivity index (χ1) is 7.88. The minimum absolute atomic E-state index is 0.189. The SMILES string of the molecule is NC(=O)CC(CC(N)=O)c1cc(F)cc(F)c1. The Labute approximate surface area is 96.6 Å². The van der Waals surface area contributed by atoms with Crippen LogP contribution < -0.4 is 11.5 Å². The minimum atomic E-state index is -0.779. The van der Waals surface area contributed by atoms with Gasteiger partial charge in [-0.2, -0.15) is 0 Å². The van der Waals surface area contributed by atoms with Crippen molar-refractivity contribution >= 4 is 11.8 Å². The number of halogens is 2. The molecule has 1 aromatic rings. The van der Waals surface area contributed by atoms with Crippen LogP contribution in [0.4, 0.5) is 8.78 Å². The van der Waals surface area contributed by atoms with Crippen LogP contribution in [-0.2, 0) is 9.59 Å². The fourth-order valence-corrected chi connectivity index (χ4v) is 1.60. The zero-order chi connectivity index (χ0) is 13.0. The monoisotopic (exact) mass is 242 g/mol. The Kier molecular flexibility index (Phi) is 4.14. The lowest BCUT2D eigenvalue weighted by Crippen LogP contribution is -2.21. The lowest BCUT2D eigenvalue weighted by molar-refractivity contribution is -0.119. The molecule has 0 spiro atoms. The molecule has 6 heteroatoms. The molecular formula is C11H12F2N2O2. The van der Waals surface area contributed by atoms with E-state index < -0.39 is 29.4 Å². The van der Waals surface area contributed by atoms with E-state index in [1.165, 1.54) is 0 Å². The molecule has 4 N–H and O–H groups in total. The van der Waals surface area contributed by atoms with Crippen LogP contribution in [-0.4, -0.2) is 11.8 Å². The molecule has 1 rings (SSSR count). The van der Waals surface area contributed by atoms with E-state index >= 15 is 0 Å². The first-order valence-corrected chi connectivity index (χ1v) is 4.91. The summed E-state index contributed by atoms with van der Waals surface area (Å²) < 4.78 is 26.0. The van der Waals surface area contributed by atoms with E-state index in [1.54, 1.807) is 0 Å². The number of carbonyl (C=O) groups is 2. The molecule has 0 radical (unpaired) electrons. The van der Waals surface area contributed by atoms with Gasteiger partial charge < -0.3 is 11.5 Å². The summed E-state index contributed by atoms with van der Waals surface area (Å²) in [5, 5.41) is 0. The number of carbonyl (C=O) groups excluding carboxylic acids is 2. The van der Waals surface area contributed by atoms with E-state index in [9.17, 15) is 18.4 Å². The molecule has 0 bridgehead atoms. The van der Waals surface area contributed by atoms with Crippen LogP contribution >= 0.6 is 0 Å². The van der Waals surface area contributed by atoms with Gasteiger partial charge in [0, 0.05) is 24.8 Å². The van der Waals surface area contributed by atoms with Gasteiger partial charge in [0.15, 0.2) is 0 Å². The molecule has 0 aliphatic rings. The van der Waals surface area contributed by atoms with Crippen molar-refractivity contribution in [2.75, 3.05) is 0 Å². The van der Waals surface area contributed by atoms with Crippen LogP contribution in [0, 0.1) is 11.6 Å². The highest BCUT2D eigenvalue weighted by Gasteiger charge is 2.18. The lowest BCUT2D eigenvalue weighted by atomic mass is 9.92. The number of benzene rings is 1. The summed E-state index contributed by atoms with van der Waals surface area (Å²) in [6.45, 7) is 0. The Hall–Kier alpha value is -1.98. The highest BCUT2D eigenvalue weighted by Crippen LogP contribution is 2.24. The van der Waals surface area contributed by atoms with Gasteiger partial charge in [0.1, 0.15) is 11.6 Å². The molecule has 0 saturated carbocycles. The third-order valence-corrected chi connectivity index (χ3v) is 2.25. The van der Waals surface area contributed by atoms with E-state index in [1.807, 2.05) is 0 Å². The van der Waals surface area contributed by atoms with Crippen LogP contribution in [0.2, 0.25) is 0 Å². The summed E-state index contributed by atoms with van der Waals surface area (Å²) in [4.78, 5) is 21.6. The maximum absolute atomic E-state index is 13.0. The average molecular weight is 242 g/mol. The molecule has 92 valence electrons. The van der Waals surface area contributed by atoms with E-state index in [2.05, 4.69) is 0 Å². The van der Waals surface area contributed by atoms with Gasteiger partial charge in [-0.3, -0.25) is 9.59 Å². The predicted molar refractivity (Wildman–Crippen MR) is 56.7 cm³/mol. The Bertz CT molecular complexity index is 413.